The average Bonchev–Trinajstić information content (AvgIpc) is 2.34. The molecular formula is C6H5IN2O. The quantitative estimate of drug-likeness (QED) is 0.638. The van der Waals surface area contributed by atoms with Crippen molar-refractivity contribution in [2.45, 2.75) is 0 Å². The lowest BCUT2D eigenvalue weighted by atomic mass is 10.5. The third-order valence-electron chi connectivity index (χ3n) is 0.993. The number of imidazole rings is 1. The Hall–Kier alpha value is -0.650. The second-order valence-corrected chi connectivity index (χ2v) is 2.63. The van der Waals surface area contributed by atoms with Gasteiger partial charge in [-0.05, 0) is 6.08 Å². The van der Waals surface area contributed by atoms with Crippen molar-refractivity contribution in [3.63, 3.8) is 0 Å². The van der Waals surface area contributed by atoms with E-state index >= 15 is 0 Å². The summed E-state index contributed by atoms with van der Waals surface area (Å²) < 4.78 is -0.0919. The van der Waals surface area contributed by atoms with Gasteiger partial charge in [-0.3, -0.25) is 4.79 Å². The van der Waals surface area contributed by atoms with Gasteiger partial charge in [-0.25, -0.2) is 4.98 Å². The van der Waals surface area contributed by atoms with Gasteiger partial charge in [-0.15, -0.1) is 0 Å². The van der Waals surface area contributed by atoms with Gasteiger partial charge in [0.2, 0.25) is 0 Å². The zero-order valence-corrected chi connectivity index (χ0v) is 7.25. The Bertz CT molecular complexity index is 266. The monoisotopic (exact) mass is 248 g/mol. The molecule has 1 rings (SSSR count). The lowest BCUT2D eigenvalue weighted by molar-refractivity contribution is 0.109. The standard InChI is InChI=1S/C6H5IN2O/c1-2-4-3-8-6(9-4)5(7)10/h2-3H,1H2,(H,8,9). The van der Waals surface area contributed by atoms with Gasteiger partial charge in [0, 0.05) is 28.8 Å². The highest BCUT2D eigenvalue weighted by Gasteiger charge is 2.03. The maximum Gasteiger partial charge on any atom is 0.257 e. The van der Waals surface area contributed by atoms with Crippen LogP contribution in [0.4, 0.5) is 0 Å². The first-order valence-electron chi connectivity index (χ1n) is 2.61. The molecule has 0 fully saturated rings. The Kier molecular flexibility index (Phi) is 2.21. The molecule has 4 heteroatoms. The van der Waals surface area contributed by atoms with Gasteiger partial charge < -0.3 is 4.98 Å². The molecule has 0 radical (unpaired) electrons. The molecule has 0 saturated carbocycles. The van der Waals surface area contributed by atoms with E-state index in [0.717, 1.165) is 0 Å². The summed E-state index contributed by atoms with van der Waals surface area (Å²) in [7, 11) is 0. The second-order valence-electron chi connectivity index (χ2n) is 1.65. The number of nitrogens with one attached hydrogen (secondary N) is 1. The van der Waals surface area contributed by atoms with Gasteiger partial charge in [0.1, 0.15) is 0 Å². The number of aromatic nitrogens is 2. The largest absolute Gasteiger partial charge is 0.341 e. The zero-order chi connectivity index (χ0) is 7.56. The van der Waals surface area contributed by atoms with Crippen LogP contribution in [0.2, 0.25) is 0 Å². The van der Waals surface area contributed by atoms with E-state index in [1.807, 2.05) is 0 Å². The summed E-state index contributed by atoms with van der Waals surface area (Å²) in [6, 6.07) is 0. The molecule has 0 unspecified atom stereocenters. The normalized spacial score (nSPS) is 9.30. The maximum atomic E-state index is 10.6. The number of carbonyl (C=O) groups excluding carboxylic acids is 1. The van der Waals surface area contributed by atoms with Crippen molar-refractivity contribution in [1.29, 1.82) is 0 Å². The summed E-state index contributed by atoms with van der Waals surface area (Å²) >= 11 is 1.67. The molecule has 0 bridgehead atoms. The number of hydrogen-bond donors (Lipinski definition) is 1. The van der Waals surface area contributed by atoms with Crippen LogP contribution in [-0.2, 0) is 0 Å². The van der Waals surface area contributed by atoms with E-state index in [1.54, 1.807) is 34.9 Å². The molecule has 1 aromatic heterocycles. The third kappa shape index (κ3) is 1.44. The van der Waals surface area contributed by atoms with Crippen molar-refractivity contribution in [3.8, 4) is 0 Å². The molecule has 3 nitrogen and oxygen atoms in total. The predicted octanol–water partition coefficient (Wildman–Crippen LogP) is 1.63. The summed E-state index contributed by atoms with van der Waals surface area (Å²) in [5, 5.41) is 0. The minimum Gasteiger partial charge on any atom is -0.341 e. The fourth-order valence-electron chi connectivity index (χ4n) is 0.541. The number of halogens is 1. The fourth-order valence-corrected chi connectivity index (χ4v) is 0.818. The molecule has 1 heterocycles. The number of rotatable bonds is 2. The van der Waals surface area contributed by atoms with Crippen LogP contribution in [0, 0.1) is 0 Å². The Labute approximate surface area is 71.7 Å². The highest BCUT2D eigenvalue weighted by molar-refractivity contribution is 14.1. The number of nitrogens with zero attached hydrogens (tertiary/aromatic N) is 1. The van der Waals surface area contributed by atoms with Gasteiger partial charge in [-0.2, -0.15) is 0 Å². The van der Waals surface area contributed by atoms with Crippen molar-refractivity contribution in [1.82, 2.24) is 9.97 Å². The molecule has 0 aromatic carbocycles. The van der Waals surface area contributed by atoms with E-state index in [1.165, 1.54) is 0 Å². The maximum absolute atomic E-state index is 10.6. The minimum atomic E-state index is -0.0919. The van der Waals surface area contributed by atoms with Crippen LogP contribution in [0.1, 0.15) is 16.3 Å². The van der Waals surface area contributed by atoms with Crippen molar-refractivity contribution < 1.29 is 4.79 Å². The van der Waals surface area contributed by atoms with E-state index in [9.17, 15) is 4.79 Å². The SMILES string of the molecule is C=Cc1c[nH]c(C(=O)I)n1. The van der Waals surface area contributed by atoms with Crippen LogP contribution in [0.5, 0.6) is 0 Å². The van der Waals surface area contributed by atoms with Crippen LogP contribution >= 0.6 is 22.6 Å². The molecular weight excluding hydrogens is 243 g/mol. The Morgan fingerprint density at radius 2 is 2.60 bits per heavy atom. The molecule has 1 aromatic rings. The smallest absolute Gasteiger partial charge is 0.257 e. The van der Waals surface area contributed by atoms with E-state index in [-0.39, 0.29) is 3.79 Å². The van der Waals surface area contributed by atoms with Gasteiger partial charge >= 0.3 is 0 Å². The van der Waals surface area contributed by atoms with Gasteiger partial charge in [0.05, 0.1) is 5.69 Å². The van der Waals surface area contributed by atoms with E-state index in [0.29, 0.717) is 11.5 Å². The molecule has 0 saturated heterocycles. The lowest BCUT2D eigenvalue weighted by Gasteiger charge is -1.79. The summed E-state index contributed by atoms with van der Waals surface area (Å²) in [5.74, 6) is 0.371. The second kappa shape index (κ2) is 2.96. The van der Waals surface area contributed by atoms with Crippen LogP contribution < -0.4 is 0 Å². The van der Waals surface area contributed by atoms with Crippen LogP contribution in [-0.4, -0.2) is 13.8 Å². The van der Waals surface area contributed by atoms with Crippen LogP contribution in [0.15, 0.2) is 12.8 Å². The van der Waals surface area contributed by atoms with Gasteiger partial charge in [-0.1, -0.05) is 6.58 Å². The first kappa shape index (κ1) is 7.46. The Morgan fingerprint density at radius 3 is 2.90 bits per heavy atom. The average molecular weight is 248 g/mol. The van der Waals surface area contributed by atoms with Gasteiger partial charge in [0.15, 0.2) is 5.82 Å². The Morgan fingerprint density at radius 1 is 1.90 bits per heavy atom. The summed E-state index contributed by atoms with van der Waals surface area (Å²) in [6.45, 7) is 3.51. The zero-order valence-electron chi connectivity index (χ0n) is 5.10. The fraction of sp³-hybridized carbons (Fsp3) is 0. The van der Waals surface area contributed by atoms with Crippen LogP contribution in [0.25, 0.3) is 6.08 Å². The molecule has 52 valence electrons. The van der Waals surface area contributed by atoms with Gasteiger partial charge in [0.25, 0.3) is 3.79 Å². The predicted molar refractivity (Wildman–Crippen MR) is 47.0 cm³/mol. The number of H-pyrrole nitrogens is 1. The first-order chi connectivity index (χ1) is 4.74. The van der Waals surface area contributed by atoms with Crippen molar-refractivity contribution in [2.75, 3.05) is 0 Å². The minimum absolute atomic E-state index is 0.0919. The van der Waals surface area contributed by atoms with E-state index in [4.69, 9.17) is 0 Å². The molecule has 0 aliphatic rings. The molecule has 0 aliphatic carbocycles. The molecule has 0 spiro atoms. The number of hydrogen-bond acceptors (Lipinski definition) is 2. The third-order valence-corrected chi connectivity index (χ3v) is 1.50. The topological polar surface area (TPSA) is 45.8 Å². The highest BCUT2D eigenvalue weighted by Crippen LogP contribution is 2.02. The molecule has 0 amide bonds. The summed E-state index contributed by atoms with van der Waals surface area (Å²) in [6.07, 6.45) is 3.22. The Balaban J connectivity index is 2.98. The molecule has 1 N–H and O–H groups in total. The summed E-state index contributed by atoms with van der Waals surface area (Å²) in [4.78, 5) is 17.2. The van der Waals surface area contributed by atoms with E-state index in [2.05, 4.69) is 16.5 Å². The molecule has 0 aliphatic heterocycles. The van der Waals surface area contributed by atoms with Crippen LogP contribution in [0.3, 0.4) is 0 Å². The first-order valence-corrected chi connectivity index (χ1v) is 3.69. The molecule has 0 atom stereocenters. The highest BCUT2D eigenvalue weighted by atomic mass is 127. The molecule has 10 heavy (non-hydrogen) atoms. The number of carbonyl (C=O) groups is 1. The van der Waals surface area contributed by atoms with Crippen molar-refractivity contribution >= 4 is 32.5 Å². The number of aromatic amines is 1. The van der Waals surface area contributed by atoms with Crippen molar-refractivity contribution in [2.24, 2.45) is 0 Å². The van der Waals surface area contributed by atoms with E-state index < -0.39 is 0 Å². The summed E-state index contributed by atoms with van der Waals surface area (Å²) in [5.41, 5.74) is 0.694. The van der Waals surface area contributed by atoms with Crippen molar-refractivity contribution in [3.05, 3.63) is 24.3 Å². The lowest BCUT2D eigenvalue weighted by Crippen LogP contribution is -1.89.